The van der Waals surface area contributed by atoms with Crippen molar-refractivity contribution in [3.05, 3.63) is 83.8 Å². The van der Waals surface area contributed by atoms with E-state index in [1.165, 1.54) is 6.08 Å². The molecule has 3 rings (SSSR count). The first kappa shape index (κ1) is 18.3. The number of hydrogen-bond acceptors (Lipinski definition) is 5. The van der Waals surface area contributed by atoms with Gasteiger partial charge in [0, 0.05) is 5.56 Å². The minimum absolute atomic E-state index is 0.106. The van der Waals surface area contributed by atoms with Crippen LogP contribution >= 0.6 is 0 Å². The molecule has 0 aliphatic rings. The zero-order valence-electron chi connectivity index (χ0n) is 15.2. The van der Waals surface area contributed by atoms with Gasteiger partial charge in [-0.2, -0.15) is 0 Å². The molecule has 0 N–H and O–H groups in total. The molecule has 3 aromatic rings. The van der Waals surface area contributed by atoms with Crippen LogP contribution in [-0.2, 0) is 6.61 Å². The van der Waals surface area contributed by atoms with E-state index in [-0.39, 0.29) is 5.78 Å². The Morgan fingerprint density at radius 1 is 0.852 bits per heavy atom. The maximum Gasteiger partial charge on any atom is 0.185 e. The molecule has 0 amide bonds. The highest BCUT2D eigenvalue weighted by Crippen LogP contribution is 2.19. The van der Waals surface area contributed by atoms with E-state index in [1.807, 2.05) is 30.3 Å². The third kappa shape index (κ3) is 5.01. The van der Waals surface area contributed by atoms with Crippen LogP contribution in [-0.4, -0.2) is 20.0 Å². The number of hydrogen-bond donors (Lipinski definition) is 0. The van der Waals surface area contributed by atoms with Gasteiger partial charge in [0.2, 0.25) is 0 Å². The van der Waals surface area contributed by atoms with Gasteiger partial charge in [-0.05, 0) is 72.8 Å². The number of methoxy groups -OCH3 is 2. The van der Waals surface area contributed by atoms with E-state index in [9.17, 15) is 4.79 Å². The SMILES string of the molecule is COc1ccc(OCc2ccc(/C=C/C(=O)c3ccc(OC)cc3)o2)cc1. The average Bonchev–Trinajstić information content (AvgIpc) is 3.19. The van der Waals surface area contributed by atoms with Crippen molar-refractivity contribution in [2.24, 2.45) is 0 Å². The summed E-state index contributed by atoms with van der Waals surface area (Å²) in [6, 6.07) is 17.9. The van der Waals surface area contributed by atoms with Crippen molar-refractivity contribution in [1.82, 2.24) is 0 Å². The number of furan rings is 1. The number of ketones is 1. The number of allylic oxidation sites excluding steroid dienone is 1. The zero-order valence-corrected chi connectivity index (χ0v) is 15.2. The second kappa shape index (κ2) is 8.76. The topological polar surface area (TPSA) is 57.9 Å². The lowest BCUT2D eigenvalue weighted by Crippen LogP contribution is -1.94. The molecule has 0 aliphatic heterocycles. The van der Waals surface area contributed by atoms with Crippen LogP contribution in [0, 0.1) is 0 Å². The maximum atomic E-state index is 12.2. The number of benzene rings is 2. The Kier molecular flexibility index (Phi) is 5.94. The lowest BCUT2D eigenvalue weighted by Gasteiger charge is -2.05. The lowest BCUT2D eigenvalue weighted by atomic mass is 10.1. The Labute approximate surface area is 157 Å². The molecule has 1 aromatic heterocycles. The third-order valence-electron chi connectivity index (χ3n) is 3.90. The van der Waals surface area contributed by atoms with Gasteiger partial charge in [-0.15, -0.1) is 0 Å². The monoisotopic (exact) mass is 364 g/mol. The fraction of sp³-hybridized carbons (Fsp3) is 0.136. The Morgan fingerprint density at radius 3 is 2.07 bits per heavy atom. The molecule has 1 heterocycles. The van der Waals surface area contributed by atoms with Crippen molar-refractivity contribution in [2.45, 2.75) is 6.61 Å². The average molecular weight is 364 g/mol. The standard InChI is InChI=1S/C22H20O5/c1-24-17-5-3-16(4-6-17)22(23)14-13-20-11-12-21(27-20)15-26-19-9-7-18(25-2)8-10-19/h3-14H,15H2,1-2H3/b14-13+. The molecule has 0 saturated carbocycles. The molecule has 0 aliphatic carbocycles. The molecule has 5 nitrogen and oxygen atoms in total. The van der Waals surface area contributed by atoms with E-state index in [4.69, 9.17) is 18.6 Å². The quantitative estimate of drug-likeness (QED) is 0.426. The lowest BCUT2D eigenvalue weighted by molar-refractivity contribution is 0.104. The van der Waals surface area contributed by atoms with Crippen molar-refractivity contribution in [3.63, 3.8) is 0 Å². The number of carbonyl (C=O) groups is 1. The Morgan fingerprint density at radius 2 is 1.44 bits per heavy atom. The van der Waals surface area contributed by atoms with E-state index >= 15 is 0 Å². The van der Waals surface area contributed by atoms with Crippen LogP contribution in [0.5, 0.6) is 17.2 Å². The highest BCUT2D eigenvalue weighted by atomic mass is 16.5. The fourth-order valence-electron chi connectivity index (χ4n) is 2.40. The summed E-state index contributed by atoms with van der Waals surface area (Å²) in [5, 5.41) is 0. The van der Waals surface area contributed by atoms with Crippen molar-refractivity contribution in [3.8, 4) is 17.2 Å². The van der Waals surface area contributed by atoms with Crippen molar-refractivity contribution in [2.75, 3.05) is 14.2 Å². The second-order valence-corrected chi connectivity index (χ2v) is 5.69. The number of carbonyl (C=O) groups excluding carboxylic acids is 1. The molecule has 5 heteroatoms. The van der Waals surface area contributed by atoms with E-state index in [2.05, 4.69) is 0 Å². The minimum atomic E-state index is -0.106. The van der Waals surface area contributed by atoms with Crippen LogP contribution in [0.2, 0.25) is 0 Å². The molecule has 0 unspecified atom stereocenters. The molecule has 27 heavy (non-hydrogen) atoms. The summed E-state index contributed by atoms with van der Waals surface area (Å²) in [5.74, 6) is 3.36. The molecule has 2 aromatic carbocycles. The Hall–Kier alpha value is -3.47. The molecule has 138 valence electrons. The fourth-order valence-corrected chi connectivity index (χ4v) is 2.40. The van der Waals surface area contributed by atoms with Crippen LogP contribution < -0.4 is 14.2 Å². The molecular weight excluding hydrogens is 344 g/mol. The Balaban J connectivity index is 1.56. The summed E-state index contributed by atoms with van der Waals surface area (Å²) in [5.41, 5.74) is 0.585. The molecule has 0 saturated heterocycles. The first-order valence-corrected chi connectivity index (χ1v) is 8.40. The van der Waals surface area contributed by atoms with Crippen LogP contribution in [0.3, 0.4) is 0 Å². The molecule has 0 fully saturated rings. The van der Waals surface area contributed by atoms with E-state index in [0.29, 0.717) is 29.4 Å². The first-order chi connectivity index (χ1) is 13.2. The molecular formula is C22H20O5. The van der Waals surface area contributed by atoms with Gasteiger partial charge in [0.15, 0.2) is 5.78 Å². The van der Waals surface area contributed by atoms with Gasteiger partial charge >= 0.3 is 0 Å². The molecule has 0 atom stereocenters. The smallest absolute Gasteiger partial charge is 0.185 e. The molecule has 0 spiro atoms. The largest absolute Gasteiger partial charge is 0.497 e. The maximum absolute atomic E-state index is 12.2. The second-order valence-electron chi connectivity index (χ2n) is 5.69. The van der Waals surface area contributed by atoms with Gasteiger partial charge < -0.3 is 18.6 Å². The van der Waals surface area contributed by atoms with Gasteiger partial charge in [-0.25, -0.2) is 0 Å². The number of ether oxygens (including phenoxy) is 3. The van der Waals surface area contributed by atoms with Gasteiger partial charge in [0.25, 0.3) is 0 Å². The van der Waals surface area contributed by atoms with Crippen molar-refractivity contribution in [1.29, 1.82) is 0 Å². The summed E-state index contributed by atoms with van der Waals surface area (Å²) in [4.78, 5) is 12.2. The molecule has 0 radical (unpaired) electrons. The first-order valence-electron chi connectivity index (χ1n) is 8.40. The highest BCUT2D eigenvalue weighted by Gasteiger charge is 2.04. The summed E-state index contributed by atoms with van der Waals surface area (Å²) in [6.07, 6.45) is 3.12. The molecule has 0 bridgehead atoms. The predicted octanol–water partition coefficient (Wildman–Crippen LogP) is 4.77. The van der Waals surface area contributed by atoms with Crippen LogP contribution in [0.1, 0.15) is 21.9 Å². The minimum Gasteiger partial charge on any atom is -0.497 e. The van der Waals surface area contributed by atoms with E-state index < -0.39 is 0 Å². The Bertz CT molecular complexity index is 905. The predicted molar refractivity (Wildman–Crippen MR) is 102 cm³/mol. The van der Waals surface area contributed by atoms with E-state index in [1.54, 1.807) is 50.6 Å². The van der Waals surface area contributed by atoms with Gasteiger partial charge in [0.05, 0.1) is 14.2 Å². The van der Waals surface area contributed by atoms with Crippen molar-refractivity contribution >= 4 is 11.9 Å². The van der Waals surface area contributed by atoms with Crippen LogP contribution in [0.4, 0.5) is 0 Å². The number of rotatable bonds is 8. The van der Waals surface area contributed by atoms with Crippen LogP contribution in [0.25, 0.3) is 6.08 Å². The summed E-state index contributed by atoms with van der Waals surface area (Å²) in [6.45, 7) is 0.298. The summed E-state index contributed by atoms with van der Waals surface area (Å²) in [7, 11) is 3.21. The van der Waals surface area contributed by atoms with Crippen LogP contribution in [0.15, 0.2) is 71.2 Å². The normalized spacial score (nSPS) is 10.7. The van der Waals surface area contributed by atoms with E-state index in [0.717, 1.165) is 11.5 Å². The third-order valence-corrected chi connectivity index (χ3v) is 3.90. The van der Waals surface area contributed by atoms with Gasteiger partial charge in [0.1, 0.15) is 35.4 Å². The van der Waals surface area contributed by atoms with Gasteiger partial charge in [-0.1, -0.05) is 0 Å². The highest BCUT2D eigenvalue weighted by molar-refractivity contribution is 6.06. The summed E-state index contributed by atoms with van der Waals surface area (Å²) < 4.78 is 21.5. The van der Waals surface area contributed by atoms with Crippen molar-refractivity contribution < 1.29 is 23.4 Å². The summed E-state index contributed by atoms with van der Waals surface area (Å²) >= 11 is 0. The van der Waals surface area contributed by atoms with Gasteiger partial charge in [-0.3, -0.25) is 4.79 Å². The zero-order chi connectivity index (χ0) is 19.1.